The molecule has 0 saturated carbocycles. The first-order valence-electron chi connectivity index (χ1n) is 5.52. The van der Waals surface area contributed by atoms with Crippen molar-refractivity contribution in [3.8, 4) is 5.69 Å². The number of benzene rings is 1. The maximum atomic E-state index is 10.3. The predicted octanol–water partition coefficient (Wildman–Crippen LogP) is 2.41. The molecule has 1 atom stereocenters. The van der Waals surface area contributed by atoms with Gasteiger partial charge in [-0.05, 0) is 18.2 Å². The molecule has 5 heteroatoms. The quantitative estimate of drug-likeness (QED) is 0.784. The lowest BCUT2D eigenvalue weighted by Crippen LogP contribution is -2.08. The predicted molar refractivity (Wildman–Crippen MR) is 69.7 cm³/mol. The average Bonchev–Trinajstić information content (AvgIpc) is 3.10. The molecule has 90 valence electrons. The van der Waals surface area contributed by atoms with Crippen LogP contribution in [0, 0.1) is 0 Å². The van der Waals surface area contributed by atoms with Gasteiger partial charge >= 0.3 is 0 Å². The Morgan fingerprint density at radius 3 is 2.72 bits per heavy atom. The summed E-state index contributed by atoms with van der Waals surface area (Å²) in [6.07, 6.45) is 0.928. The van der Waals surface area contributed by atoms with E-state index in [0.717, 1.165) is 5.69 Å². The van der Waals surface area contributed by atoms with Crippen molar-refractivity contribution in [2.45, 2.75) is 6.10 Å². The third-order valence-electron chi connectivity index (χ3n) is 2.68. The second-order valence-electron chi connectivity index (χ2n) is 3.82. The van der Waals surface area contributed by atoms with Gasteiger partial charge in [-0.25, -0.2) is 9.67 Å². The molecule has 1 aromatic carbocycles. The summed E-state index contributed by atoms with van der Waals surface area (Å²) in [4.78, 5) is 4.13. The van der Waals surface area contributed by atoms with Gasteiger partial charge < -0.3 is 5.11 Å². The van der Waals surface area contributed by atoms with Gasteiger partial charge in [0, 0.05) is 11.6 Å². The first-order chi connectivity index (χ1) is 8.86. The number of aliphatic hydroxyl groups excluding tert-OH is 1. The van der Waals surface area contributed by atoms with Crippen LogP contribution in [0.2, 0.25) is 0 Å². The molecule has 1 unspecified atom stereocenters. The van der Waals surface area contributed by atoms with Crippen LogP contribution < -0.4 is 0 Å². The van der Waals surface area contributed by atoms with Crippen LogP contribution in [0.25, 0.3) is 5.69 Å². The van der Waals surface area contributed by atoms with Gasteiger partial charge in [-0.15, -0.1) is 11.3 Å². The average molecular weight is 257 g/mol. The zero-order valence-corrected chi connectivity index (χ0v) is 10.3. The van der Waals surface area contributed by atoms with Gasteiger partial charge in [0.2, 0.25) is 0 Å². The molecule has 1 N–H and O–H groups in total. The summed E-state index contributed by atoms with van der Waals surface area (Å²) in [6.45, 7) is 0. The van der Waals surface area contributed by atoms with Crippen molar-refractivity contribution in [2.24, 2.45) is 0 Å². The zero-order chi connectivity index (χ0) is 12.4. The van der Waals surface area contributed by atoms with Gasteiger partial charge in [0.05, 0.1) is 22.6 Å². The highest BCUT2D eigenvalue weighted by atomic mass is 32.1. The molecule has 0 saturated heterocycles. The number of para-hydroxylation sites is 1. The Bertz CT molecular complexity index is 619. The van der Waals surface area contributed by atoms with Gasteiger partial charge in [0.1, 0.15) is 6.10 Å². The van der Waals surface area contributed by atoms with Crippen molar-refractivity contribution in [2.75, 3.05) is 0 Å². The number of hydrogen-bond donors (Lipinski definition) is 1. The van der Waals surface area contributed by atoms with Crippen LogP contribution in [0.1, 0.15) is 17.5 Å². The fourth-order valence-electron chi connectivity index (χ4n) is 1.81. The lowest BCUT2D eigenvalue weighted by Gasteiger charge is -2.11. The Morgan fingerprint density at radius 1 is 1.17 bits per heavy atom. The van der Waals surface area contributed by atoms with Crippen LogP contribution in [-0.2, 0) is 0 Å². The van der Waals surface area contributed by atoms with Crippen molar-refractivity contribution >= 4 is 11.3 Å². The fourth-order valence-corrected chi connectivity index (χ4v) is 2.39. The van der Waals surface area contributed by atoms with Gasteiger partial charge in [0.25, 0.3) is 0 Å². The molecule has 4 nitrogen and oxygen atoms in total. The molecule has 3 rings (SSSR count). The highest BCUT2D eigenvalue weighted by molar-refractivity contribution is 7.07. The molecule has 0 bridgehead atoms. The molecule has 0 radical (unpaired) electrons. The second-order valence-corrected chi connectivity index (χ2v) is 4.54. The molecular weight excluding hydrogens is 246 g/mol. The Kier molecular flexibility index (Phi) is 2.92. The summed E-state index contributed by atoms with van der Waals surface area (Å²) >= 11 is 1.47. The molecule has 0 spiro atoms. The Balaban J connectivity index is 2.02. The lowest BCUT2D eigenvalue weighted by atomic mass is 10.2. The van der Waals surface area contributed by atoms with Gasteiger partial charge in [-0.2, -0.15) is 5.10 Å². The monoisotopic (exact) mass is 257 g/mol. The Hall–Kier alpha value is -1.98. The van der Waals surface area contributed by atoms with E-state index in [0.29, 0.717) is 11.4 Å². The molecule has 0 amide bonds. The van der Waals surface area contributed by atoms with Crippen molar-refractivity contribution in [1.29, 1.82) is 0 Å². The van der Waals surface area contributed by atoms with Crippen molar-refractivity contribution < 1.29 is 5.11 Å². The maximum absolute atomic E-state index is 10.3. The van der Waals surface area contributed by atoms with Crippen molar-refractivity contribution in [1.82, 2.24) is 14.8 Å². The molecule has 3 aromatic rings. The van der Waals surface area contributed by atoms with Crippen molar-refractivity contribution in [3.63, 3.8) is 0 Å². The van der Waals surface area contributed by atoms with Crippen LogP contribution in [0.5, 0.6) is 0 Å². The molecule has 0 fully saturated rings. The van der Waals surface area contributed by atoms with Crippen LogP contribution >= 0.6 is 11.3 Å². The minimum Gasteiger partial charge on any atom is -0.380 e. The van der Waals surface area contributed by atoms with E-state index in [2.05, 4.69) is 10.1 Å². The summed E-state index contributed by atoms with van der Waals surface area (Å²) in [5.41, 5.74) is 4.00. The SMILES string of the molecule is OC(c1cscn1)c1ccnn1-c1ccccc1. The van der Waals surface area contributed by atoms with Crippen LogP contribution in [0.4, 0.5) is 0 Å². The van der Waals surface area contributed by atoms with Gasteiger partial charge in [0.15, 0.2) is 0 Å². The number of hydrogen-bond acceptors (Lipinski definition) is 4. The fraction of sp³-hybridized carbons (Fsp3) is 0.0769. The summed E-state index contributed by atoms with van der Waals surface area (Å²) < 4.78 is 1.73. The largest absolute Gasteiger partial charge is 0.380 e. The highest BCUT2D eigenvalue weighted by Crippen LogP contribution is 2.23. The highest BCUT2D eigenvalue weighted by Gasteiger charge is 2.17. The molecule has 0 aliphatic carbocycles. The minimum atomic E-state index is -0.751. The second kappa shape index (κ2) is 4.72. The first-order valence-corrected chi connectivity index (χ1v) is 6.46. The van der Waals surface area contributed by atoms with E-state index in [1.54, 1.807) is 22.5 Å². The van der Waals surface area contributed by atoms with Crippen LogP contribution in [-0.4, -0.2) is 19.9 Å². The van der Waals surface area contributed by atoms with E-state index in [1.807, 2.05) is 35.7 Å². The van der Waals surface area contributed by atoms with Crippen molar-refractivity contribution in [3.05, 3.63) is 64.9 Å². The number of nitrogens with zero attached hydrogens (tertiary/aromatic N) is 3. The number of thiazole rings is 1. The molecule has 0 aliphatic rings. The zero-order valence-electron chi connectivity index (χ0n) is 9.47. The third kappa shape index (κ3) is 1.94. The lowest BCUT2D eigenvalue weighted by molar-refractivity contribution is 0.208. The summed E-state index contributed by atoms with van der Waals surface area (Å²) in [5, 5.41) is 16.4. The smallest absolute Gasteiger partial charge is 0.139 e. The number of rotatable bonds is 3. The third-order valence-corrected chi connectivity index (χ3v) is 3.29. The molecule has 0 aliphatic heterocycles. The molecular formula is C13H11N3OS. The standard InChI is InChI=1S/C13H11N3OS/c17-13(11-8-18-9-14-11)12-6-7-15-16(12)10-4-2-1-3-5-10/h1-9,13,17H. The van der Waals surface area contributed by atoms with E-state index in [-0.39, 0.29) is 0 Å². The van der Waals surface area contributed by atoms with Crippen LogP contribution in [0.3, 0.4) is 0 Å². The van der Waals surface area contributed by atoms with E-state index in [9.17, 15) is 5.11 Å². The maximum Gasteiger partial charge on any atom is 0.139 e. The van der Waals surface area contributed by atoms with E-state index in [4.69, 9.17) is 0 Å². The Labute approximate surface area is 108 Å². The van der Waals surface area contributed by atoms with E-state index in [1.165, 1.54) is 11.3 Å². The van der Waals surface area contributed by atoms with Gasteiger partial charge in [-0.3, -0.25) is 0 Å². The summed E-state index contributed by atoms with van der Waals surface area (Å²) in [6, 6.07) is 11.5. The van der Waals surface area contributed by atoms with E-state index >= 15 is 0 Å². The minimum absolute atomic E-state index is 0.651. The topological polar surface area (TPSA) is 50.9 Å². The normalized spacial score (nSPS) is 12.5. The number of aromatic nitrogens is 3. The molecule has 2 aromatic heterocycles. The summed E-state index contributed by atoms with van der Waals surface area (Å²) in [7, 11) is 0. The van der Waals surface area contributed by atoms with E-state index < -0.39 is 6.10 Å². The summed E-state index contributed by atoms with van der Waals surface area (Å²) in [5.74, 6) is 0. The Morgan fingerprint density at radius 2 is 2.00 bits per heavy atom. The van der Waals surface area contributed by atoms with Crippen LogP contribution in [0.15, 0.2) is 53.5 Å². The molecule has 18 heavy (non-hydrogen) atoms. The van der Waals surface area contributed by atoms with Gasteiger partial charge in [-0.1, -0.05) is 18.2 Å². The molecule has 2 heterocycles. The first kappa shape index (κ1) is 11.1. The number of aliphatic hydroxyl groups is 1.